The molecule has 0 aliphatic heterocycles. The van der Waals surface area contributed by atoms with Crippen molar-refractivity contribution in [1.82, 2.24) is 0 Å². The monoisotopic (exact) mass is 441 g/mol. The van der Waals surface area contributed by atoms with Crippen LogP contribution < -0.4 is 35.0 Å². The van der Waals surface area contributed by atoms with Crippen LogP contribution in [0.5, 0.6) is 0 Å². The fraction of sp³-hybridized carbons (Fsp3) is 0.625. The van der Waals surface area contributed by atoms with Gasteiger partial charge in [-0.2, -0.15) is 0 Å². The van der Waals surface area contributed by atoms with Crippen molar-refractivity contribution in [2.24, 2.45) is 0 Å². The van der Waals surface area contributed by atoms with E-state index in [9.17, 15) is 0 Å². The van der Waals surface area contributed by atoms with Gasteiger partial charge in [-0.3, -0.25) is 0 Å². The molecule has 0 N–H and O–H groups in total. The molecule has 1 nitrogen and oxygen atoms in total. The average molecular weight is 443 g/mol. The molecule has 0 saturated heterocycles. The van der Waals surface area contributed by atoms with E-state index in [0.717, 1.165) is 0 Å². The third-order valence-corrected chi connectivity index (χ3v) is 6.46. The summed E-state index contributed by atoms with van der Waals surface area (Å²) >= 11 is 0. The van der Waals surface area contributed by atoms with Gasteiger partial charge in [0, 0.05) is 19.8 Å². The van der Waals surface area contributed by atoms with Crippen LogP contribution in [0.1, 0.15) is 41.5 Å². The molecule has 0 aromatic heterocycles. The van der Waals surface area contributed by atoms with Gasteiger partial charge in [0.1, 0.15) is 0 Å². The Morgan fingerprint density at radius 3 is 1.33 bits per heavy atom. The van der Waals surface area contributed by atoms with Crippen LogP contribution in [0.4, 0.5) is 5.69 Å². The molecule has 0 aliphatic rings. The van der Waals surface area contributed by atoms with Crippen LogP contribution in [0.2, 0.25) is 0 Å². The van der Waals surface area contributed by atoms with Crippen molar-refractivity contribution in [1.29, 1.82) is 0 Å². The van der Waals surface area contributed by atoms with Crippen LogP contribution in [0.25, 0.3) is 0 Å². The number of hydrogen-bond donors (Lipinski definition) is 0. The second-order valence-corrected chi connectivity index (χ2v) is 11.0. The molecule has 0 saturated carbocycles. The summed E-state index contributed by atoms with van der Waals surface area (Å²) in [6.45, 7) is 14.2. The van der Waals surface area contributed by atoms with Gasteiger partial charge in [-0.1, -0.05) is 61.6 Å². The summed E-state index contributed by atoms with van der Waals surface area (Å²) in [4.78, 5) is 2.15. The number of anilines is 1. The fourth-order valence-electron chi connectivity index (χ4n) is 2.68. The van der Waals surface area contributed by atoms with Crippen LogP contribution >= 0.6 is 7.92 Å². The molecule has 0 unspecified atom stereocenters. The Hall–Kier alpha value is 0.692. The van der Waals surface area contributed by atoms with Crippen LogP contribution in [0.15, 0.2) is 24.3 Å². The number of nitrogens with zero attached hydrogens (tertiary/aromatic N) is 1. The second kappa shape index (κ2) is 9.75. The molecule has 0 bridgehead atoms. The quantitative estimate of drug-likeness (QED) is 0.397. The van der Waals surface area contributed by atoms with Crippen molar-refractivity contribution >= 4 is 18.9 Å². The molecular formula is C16H28Cl2NPPd. The van der Waals surface area contributed by atoms with E-state index in [-0.39, 0.29) is 53.2 Å². The van der Waals surface area contributed by atoms with Gasteiger partial charge in [-0.05, 0) is 27.7 Å². The predicted octanol–water partition coefficient (Wildman–Crippen LogP) is -1.54. The fourth-order valence-corrected chi connectivity index (χ4v) is 6.69. The maximum absolute atomic E-state index is 2.36. The molecule has 0 spiro atoms. The van der Waals surface area contributed by atoms with Gasteiger partial charge in [-0.25, -0.2) is 0 Å². The van der Waals surface area contributed by atoms with E-state index in [4.69, 9.17) is 0 Å². The molecule has 0 fully saturated rings. The smallest absolute Gasteiger partial charge is 1.00 e. The summed E-state index contributed by atoms with van der Waals surface area (Å²) in [5.41, 5.74) is 1.27. The largest absolute Gasteiger partial charge is 2.00 e. The third kappa shape index (κ3) is 7.67. The molecule has 1 rings (SSSR count). The summed E-state index contributed by atoms with van der Waals surface area (Å²) < 4.78 is 0. The van der Waals surface area contributed by atoms with Crippen molar-refractivity contribution < 1.29 is 45.2 Å². The first kappa shape index (κ1) is 26.6. The Bertz CT molecular complexity index is 380. The minimum Gasteiger partial charge on any atom is -1.00 e. The molecule has 126 valence electrons. The van der Waals surface area contributed by atoms with Crippen molar-refractivity contribution in [2.75, 3.05) is 19.0 Å². The number of halogens is 2. The van der Waals surface area contributed by atoms with Gasteiger partial charge in [0.2, 0.25) is 0 Å². The first-order chi connectivity index (χ1) is 8.03. The second-order valence-electron chi connectivity index (χ2n) is 7.09. The summed E-state index contributed by atoms with van der Waals surface area (Å²) in [6.07, 6.45) is 0. The van der Waals surface area contributed by atoms with Gasteiger partial charge in [-0.15, -0.1) is 0 Å². The normalized spacial score (nSPS) is 11.1. The molecule has 0 atom stereocenters. The maximum atomic E-state index is 2.36. The molecule has 0 aliphatic carbocycles. The van der Waals surface area contributed by atoms with Gasteiger partial charge < -0.3 is 29.7 Å². The van der Waals surface area contributed by atoms with Gasteiger partial charge in [0.15, 0.2) is 0 Å². The van der Waals surface area contributed by atoms with Crippen molar-refractivity contribution in [3.05, 3.63) is 24.3 Å². The van der Waals surface area contributed by atoms with E-state index in [1.54, 1.807) is 0 Å². The van der Waals surface area contributed by atoms with Gasteiger partial charge in [0.25, 0.3) is 0 Å². The summed E-state index contributed by atoms with van der Waals surface area (Å²) in [7, 11) is 3.99. The molecule has 0 amide bonds. The first-order valence-corrected chi connectivity index (χ1v) is 7.95. The van der Waals surface area contributed by atoms with Crippen molar-refractivity contribution in [3.63, 3.8) is 0 Å². The number of hydrogen-bond acceptors (Lipinski definition) is 1. The Morgan fingerprint density at radius 1 is 0.762 bits per heavy atom. The Morgan fingerprint density at radius 2 is 1.10 bits per heavy atom. The third-order valence-electron chi connectivity index (χ3n) is 2.97. The molecule has 0 radical (unpaired) electrons. The predicted molar refractivity (Wildman–Crippen MR) is 86.8 cm³/mol. The van der Waals surface area contributed by atoms with E-state index in [1.165, 1.54) is 11.0 Å². The SMILES string of the molecule is CN(C)c1ccc(P(C(C)(C)C)C(C)(C)C)cc1.[Cl-].[Cl-].[Pd+2]. The molecule has 21 heavy (non-hydrogen) atoms. The van der Waals surface area contributed by atoms with E-state index in [2.05, 4.69) is 84.8 Å². The Kier molecular flexibility index (Phi) is 12.3. The average Bonchev–Trinajstić information content (AvgIpc) is 2.13. The van der Waals surface area contributed by atoms with Crippen LogP contribution in [-0.4, -0.2) is 24.4 Å². The standard InChI is InChI=1S/C16H28NP.2ClH.Pd/c1-15(2,3)18(16(4,5)6)14-11-9-13(10-12-14)17(7)8;;;/h9-12H,1-8H3;2*1H;/q;;;+2/p-2. The molecule has 0 heterocycles. The van der Waals surface area contributed by atoms with Crippen molar-refractivity contribution in [2.45, 2.75) is 51.9 Å². The minimum absolute atomic E-state index is 0. The molecule has 5 heteroatoms. The first-order valence-electron chi connectivity index (χ1n) is 6.61. The summed E-state index contributed by atoms with van der Waals surface area (Å²) in [5, 5.41) is 2.19. The van der Waals surface area contributed by atoms with E-state index in [0.29, 0.717) is 10.3 Å². The zero-order chi connectivity index (χ0) is 14.1. The number of rotatable bonds is 2. The van der Waals surface area contributed by atoms with Crippen molar-refractivity contribution in [3.8, 4) is 0 Å². The zero-order valence-electron chi connectivity index (χ0n) is 14.3. The van der Waals surface area contributed by atoms with Gasteiger partial charge >= 0.3 is 20.4 Å². The van der Waals surface area contributed by atoms with Crippen LogP contribution in [-0.2, 0) is 20.4 Å². The molecule has 1 aromatic carbocycles. The summed E-state index contributed by atoms with van der Waals surface area (Å²) in [5.74, 6) is 0. The van der Waals surface area contributed by atoms with Crippen LogP contribution in [0, 0.1) is 0 Å². The molecular weight excluding hydrogens is 414 g/mol. The van der Waals surface area contributed by atoms with E-state index >= 15 is 0 Å². The zero-order valence-corrected chi connectivity index (χ0v) is 18.2. The minimum atomic E-state index is -0.188. The Labute approximate surface area is 158 Å². The maximum Gasteiger partial charge on any atom is 2.00 e. The van der Waals surface area contributed by atoms with E-state index in [1.807, 2.05) is 0 Å². The van der Waals surface area contributed by atoms with E-state index < -0.39 is 0 Å². The summed E-state index contributed by atoms with van der Waals surface area (Å²) in [6, 6.07) is 9.11. The Balaban J connectivity index is -0.00000108. The number of benzene rings is 1. The topological polar surface area (TPSA) is 3.24 Å². The van der Waals surface area contributed by atoms with Gasteiger partial charge in [0.05, 0.1) is 0 Å². The molecule has 1 aromatic rings. The van der Waals surface area contributed by atoms with Crippen LogP contribution in [0.3, 0.4) is 0 Å².